The monoisotopic (exact) mass is 271 g/mol. The lowest BCUT2D eigenvalue weighted by atomic mass is 9.90. The first-order valence-electron chi connectivity index (χ1n) is 5.52. The van der Waals surface area contributed by atoms with Gasteiger partial charge in [-0.3, -0.25) is 0 Å². The van der Waals surface area contributed by atoms with Crippen molar-refractivity contribution in [2.24, 2.45) is 11.1 Å². The molecule has 0 atom stereocenters. The number of rotatable bonds is 5. The first-order valence-corrected chi connectivity index (χ1v) is 6.30. The Balaban J connectivity index is 2.51. The Morgan fingerprint density at radius 1 is 1.47 bits per heavy atom. The number of hydrogen-bond donors (Lipinski definition) is 1. The van der Waals surface area contributed by atoms with Gasteiger partial charge in [0.05, 0.1) is 11.6 Å². The predicted octanol–water partition coefficient (Wildman–Crippen LogP) is 3.73. The molecule has 2 nitrogen and oxygen atoms in total. The summed E-state index contributed by atoms with van der Waals surface area (Å²) in [5.41, 5.74) is 6.49. The third kappa shape index (κ3) is 4.17. The standard InChI is InChI=1S/C13H18ClNOS/c1-9-8-10(4-5-11(9)14)16-7-6-13(2,3)12(15)17/h4-5,8H,6-7H2,1-3H3,(H2,15,17). The zero-order valence-electron chi connectivity index (χ0n) is 10.4. The van der Waals surface area contributed by atoms with E-state index in [1.165, 1.54) is 0 Å². The number of aryl methyl sites for hydroxylation is 1. The van der Waals surface area contributed by atoms with Gasteiger partial charge in [0.2, 0.25) is 0 Å². The van der Waals surface area contributed by atoms with Crippen LogP contribution in [0.1, 0.15) is 25.8 Å². The van der Waals surface area contributed by atoms with Gasteiger partial charge in [0.15, 0.2) is 0 Å². The van der Waals surface area contributed by atoms with Gasteiger partial charge in [-0.1, -0.05) is 37.7 Å². The summed E-state index contributed by atoms with van der Waals surface area (Å²) in [4.78, 5) is 0.522. The van der Waals surface area contributed by atoms with Crippen molar-refractivity contribution in [3.63, 3.8) is 0 Å². The van der Waals surface area contributed by atoms with E-state index in [1.807, 2.05) is 39.0 Å². The van der Waals surface area contributed by atoms with Crippen LogP contribution >= 0.6 is 23.8 Å². The topological polar surface area (TPSA) is 35.2 Å². The van der Waals surface area contributed by atoms with Crippen molar-refractivity contribution in [2.45, 2.75) is 27.2 Å². The van der Waals surface area contributed by atoms with Crippen LogP contribution in [0.3, 0.4) is 0 Å². The molecule has 0 unspecified atom stereocenters. The van der Waals surface area contributed by atoms with Crippen molar-refractivity contribution in [3.8, 4) is 5.75 Å². The van der Waals surface area contributed by atoms with E-state index in [9.17, 15) is 0 Å². The Labute approximate surface area is 113 Å². The summed E-state index contributed by atoms with van der Waals surface area (Å²) in [5, 5.41) is 0.751. The number of thiocarbonyl (C=S) groups is 1. The lowest BCUT2D eigenvalue weighted by Crippen LogP contribution is -2.31. The number of benzene rings is 1. The molecule has 0 fully saturated rings. The van der Waals surface area contributed by atoms with Gasteiger partial charge in [-0.2, -0.15) is 0 Å². The van der Waals surface area contributed by atoms with Crippen LogP contribution < -0.4 is 10.5 Å². The Bertz CT molecular complexity index is 418. The lowest BCUT2D eigenvalue weighted by Gasteiger charge is -2.22. The minimum atomic E-state index is -0.170. The highest BCUT2D eigenvalue weighted by Gasteiger charge is 2.21. The summed E-state index contributed by atoms with van der Waals surface area (Å²) in [7, 11) is 0. The van der Waals surface area contributed by atoms with Crippen LogP contribution in [-0.4, -0.2) is 11.6 Å². The third-order valence-electron chi connectivity index (χ3n) is 2.79. The number of halogens is 1. The van der Waals surface area contributed by atoms with E-state index < -0.39 is 0 Å². The Hall–Kier alpha value is -0.800. The number of nitrogens with two attached hydrogens (primary N) is 1. The van der Waals surface area contributed by atoms with Crippen LogP contribution in [0.15, 0.2) is 18.2 Å². The fraction of sp³-hybridized carbons (Fsp3) is 0.462. The van der Waals surface area contributed by atoms with Crippen LogP contribution in [-0.2, 0) is 0 Å². The van der Waals surface area contributed by atoms with E-state index in [0.717, 1.165) is 22.8 Å². The normalized spacial score (nSPS) is 11.3. The van der Waals surface area contributed by atoms with Crippen molar-refractivity contribution in [2.75, 3.05) is 6.61 Å². The maximum Gasteiger partial charge on any atom is 0.119 e. The van der Waals surface area contributed by atoms with Crippen LogP contribution in [0.2, 0.25) is 5.02 Å². The first-order chi connectivity index (χ1) is 7.83. The fourth-order valence-electron chi connectivity index (χ4n) is 1.25. The van der Waals surface area contributed by atoms with Gasteiger partial charge < -0.3 is 10.5 Å². The lowest BCUT2D eigenvalue weighted by molar-refractivity contribution is 0.270. The van der Waals surface area contributed by atoms with Crippen LogP contribution in [0.5, 0.6) is 5.75 Å². The molecular formula is C13H18ClNOS. The van der Waals surface area contributed by atoms with Crippen LogP contribution in [0.4, 0.5) is 0 Å². The molecule has 0 amide bonds. The molecule has 1 rings (SSSR count). The van der Waals surface area contributed by atoms with Gasteiger partial charge in [0.25, 0.3) is 0 Å². The maximum absolute atomic E-state index is 5.94. The van der Waals surface area contributed by atoms with Crippen molar-refractivity contribution in [3.05, 3.63) is 28.8 Å². The number of hydrogen-bond acceptors (Lipinski definition) is 2. The summed E-state index contributed by atoms with van der Waals surface area (Å²) >= 11 is 10.9. The Morgan fingerprint density at radius 3 is 2.65 bits per heavy atom. The van der Waals surface area contributed by atoms with E-state index in [1.54, 1.807) is 0 Å². The van der Waals surface area contributed by atoms with Gasteiger partial charge in [0.1, 0.15) is 5.75 Å². The van der Waals surface area contributed by atoms with Gasteiger partial charge in [-0.25, -0.2) is 0 Å². The minimum Gasteiger partial charge on any atom is -0.494 e. The molecule has 94 valence electrons. The molecule has 0 aliphatic rings. The first kappa shape index (κ1) is 14.3. The third-order valence-corrected chi connectivity index (χ3v) is 3.77. The highest BCUT2D eigenvalue weighted by molar-refractivity contribution is 7.80. The quantitative estimate of drug-likeness (QED) is 0.829. The second kappa shape index (κ2) is 5.69. The van der Waals surface area contributed by atoms with E-state index in [0.29, 0.717) is 11.6 Å². The van der Waals surface area contributed by atoms with Crippen LogP contribution in [0, 0.1) is 12.3 Å². The highest BCUT2D eigenvalue weighted by Crippen LogP contribution is 2.24. The highest BCUT2D eigenvalue weighted by atomic mass is 35.5. The molecule has 0 aromatic heterocycles. The molecule has 1 aromatic carbocycles. The maximum atomic E-state index is 5.94. The molecular weight excluding hydrogens is 254 g/mol. The smallest absolute Gasteiger partial charge is 0.119 e. The molecule has 0 spiro atoms. The van der Waals surface area contributed by atoms with E-state index in [-0.39, 0.29) is 5.41 Å². The van der Waals surface area contributed by atoms with Gasteiger partial charge in [0, 0.05) is 10.4 Å². The molecule has 0 heterocycles. The fourth-order valence-corrected chi connectivity index (χ4v) is 1.47. The number of ether oxygens (including phenoxy) is 1. The average Bonchev–Trinajstić information content (AvgIpc) is 2.23. The Kier molecular flexibility index (Phi) is 4.78. The van der Waals surface area contributed by atoms with E-state index in [2.05, 4.69) is 0 Å². The molecule has 0 bridgehead atoms. The summed E-state index contributed by atoms with van der Waals surface area (Å²) in [6.45, 7) is 6.58. The zero-order valence-corrected chi connectivity index (χ0v) is 12.0. The second-order valence-corrected chi connectivity index (χ2v) is 5.60. The van der Waals surface area contributed by atoms with Gasteiger partial charge >= 0.3 is 0 Å². The van der Waals surface area contributed by atoms with Crippen LogP contribution in [0.25, 0.3) is 0 Å². The predicted molar refractivity (Wildman–Crippen MR) is 76.9 cm³/mol. The molecule has 4 heteroatoms. The molecule has 1 aromatic rings. The van der Waals surface area contributed by atoms with Crippen molar-refractivity contribution >= 4 is 28.8 Å². The Morgan fingerprint density at radius 2 is 2.12 bits per heavy atom. The molecule has 0 saturated carbocycles. The molecule has 2 N–H and O–H groups in total. The van der Waals surface area contributed by atoms with Crippen molar-refractivity contribution in [1.82, 2.24) is 0 Å². The van der Waals surface area contributed by atoms with Crippen molar-refractivity contribution < 1.29 is 4.74 Å². The molecule has 0 saturated heterocycles. The largest absolute Gasteiger partial charge is 0.494 e. The van der Waals surface area contributed by atoms with Gasteiger partial charge in [-0.05, 0) is 37.1 Å². The summed E-state index contributed by atoms with van der Waals surface area (Å²) in [5.74, 6) is 0.825. The zero-order chi connectivity index (χ0) is 13.1. The van der Waals surface area contributed by atoms with E-state index >= 15 is 0 Å². The molecule has 0 aliphatic carbocycles. The molecule has 0 aliphatic heterocycles. The summed E-state index contributed by atoms with van der Waals surface area (Å²) < 4.78 is 5.65. The molecule has 0 radical (unpaired) electrons. The van der Waals surface area contributed by atoms with E-state index in [4.69, 9.17) is 34.3 Å². The SMILES string of the molecule is Cc1cc(OCCC(C)(C)C(N)=S)ccc1Cl. The molecule has 17 heavy (non-hydrogen) atoms. The second-order valence-electron chi connectivity index (χ2n) is 4.76. The van der Waals surface area contributed by atoms with Gasteiger partial charge in [-0.15, -0.1) is 0 Å². The average molecular weight is 272 g/mol. The summed E-state index contributed by atoms with van der Waals surface area (Å²) in [6.07, 6.45) is 0.796. The minimum absolute atomic E-state index is 0.170. The summed E-state index contributed by atoms with van der Waals surface area (Å²) in [6, 6.07) is 5.63. The van der Waals surface area contributed by atoms with Crippen molar-refractivity contribution in [1.29, 1.82) is 0 Å².